The fourth-order valence-electron chi connectivity index (χ4n) is 0.886. The number of hydrogen-bond donors (Lipinski definition) is 0. The molecule has 0 aliphatic carbocycles. The number of nitrogens with zero attached hydrogens (tertiary/aromatic N) is 2. The first-order valence-corrected chi connectivity index (χ1v) is 4.66. The van der Waals surface area contributed by atoms with Gasteiger partial charge in [-0.15, -0.1) is 17.8 Å². The van der Waals surface area contributed by atoms with Gasteiger partial charge in [0, 0.05) is 11.6 Å². The van der Waals surface area contributed by atoms with Crippen LogP contribution in [0.25, 0.3) is 0 Å². The van der Waals surface area contributed by atoms with Gasteiger partial charge in [0.1, 0.15) is 0 Å². The number of carbonyl (C=O) groups excluding carboxylic acids is 1. The van der Waals surface area contributed by atoms with Crippen molar-refractivity contribution >= 4 is 17.1 Å². The minimum Gasteiger partial charge on any atom is -0.290 e. The lowest BCUT2D eigenvalue weighted by atomic mass is 10.4. The van der Waals surface area contributed by atoms with Gasteiger partial charge in [-0.2, -0.15) is 0 Å². The van der Waals surface area contributed by atoms with Crippen molar-refractivity contribution in [1.82, 2.24) is 9.88 Å². The number of aromatic nitrogens is 1. The average Bonchev–Trinajstić information content (AvgIpc) is 2.55. The summed E-state index contributed by atoms with van der Waals surface area (Å²) in [5.41, 5.74) is 0. The summed E-state index contributed by atoms with van der Waals surface area (Å²) < 4.78 is 0. The topological polar surface area (TPSA) is 33.2 Å². The molecular formula is C9H10N2OS. The van der Waals surface area contributed by atoms with Crippen LogP contribution in [0.4, 0.5) is 0 Å². The van der Waals surface area contributed by atoms with Crippen molar-refractivity contribution in [1.29, 1.82) is 0 Å². The van der Waals surface area contributed by atoms with E-state index in [-0.39, 0.29) is 5.78 Å². The summed E-state index contributed by atoms with van der Waals surface area (Å²) >= 11 is 1.35. The number of carbonyl (C=O) groups is 1. The second kappa shape index (κ2) is 4.75. The normalized spacial score (nSPS) is 9.92. The van der Waals surface area contributed by atoms with Gasteiger partial charge in [-0.3, -0.25) is 9.69 Å². The summed E-state index contributed by atoms with van der Waals surface area (Å²) in [6.45, 7) is 0.814. The molecule has 0 saturated heterocycles. The van der Waals surface area contributed by atoms with E-state index in [0.717, 1.165) is 0 Å². The lowest BCUT2D eigenvalue weighted by Gasteiger charge is -2.09. The van der Waals surface area contributed by atoms with Gasteiger partial charge >= 0.3 is 0 Å². The van der Waals surface area contributed by atoms with E-state index in [1.165, 1.54) is 11.3 Å². The zero-order chi connectivity index (χ0) is 9.68. The molecule has 0 aliphatic heterocycles. The summed E-state index contributed by atoms with van der Waals surface area (Å²) in [6, 6.07) is 0. The Morgan fingerprint density at radius 1 is 1.85 bits per heavy atom. The Morgan fingerprint density at radius 3 is 3.15 bits per heavy atom. The van der Waals surface area contributed by atoms with Crippen molar-refractivity contribution in [2.24, 2.45) is 0 Å². The van der Waals surface area contributed by atoms with Crippen LogP contribution in [-0.4, -0.2) is 35.8 Å². The van der Waals surface area contributed by atoms with Gasteiger partial charge in [0.2, 0.25) is 5.78 Å². The Balaban J connectivity index is 2.48. The van der Waals surface area contributed by atoms with E-state index >= 15 is 0 Å². The quantitative estimate of drug-likeness (QED) is 0.527. The molecule has 0 aliphatic rings. The van der Waals surface area contributed by atoms with Gasteiger partial charge in [-0.05, 0) is 7.05 Å². The van der Waals surface area contributed by atoms with Crippen LogP contribution in [0.2, 0.25) is 0 Å². The molecule has 0 saturated carbocycles. The monoisotopic (exact) mass is 194 g/mol. The summed E-state index contributed by atoms with van der Waals surface area (Å²) in [5, 5.41) is 2.33. The molecule has 0 amide bonds. The molecule has 0 unspecified atom stereocenters. The summed E-state index contributed by atoms with van der Waals surface area (Å²) in [7, 11) is 1.81. The number of terminal acetylenes is 1. The third-order valence-corrected chi connectivity index (χ3v) is 2.26. The molecule has 1 aromatic rings. The van der Waals surface area contributed by atoms with Crippen LogP contribution in [0.5, 0.6) is 0 Å². The summed E-state index contributed by atoms with van der Waals surface area (Å²) in [5.74, 6) is 2.50. The second-order valence-electron chi connectivity index (χ2n) is 2.64. The number of rotatable bonds is 4. The van der Waals surface area contributed by atoms with Crippen molar-refractivity contribution in [3.8, 4) is 12.3 Å². The molecule has 1 aromatic heterocycles. The molecule has 0 bridgehead atoms. The molecule has 68 valence electrons. The van der Waals surface area contributed by atoms with Gasteiger partial charge in [0.25, 0.3) is 0 Å². The predicted molar refractivity (Wildman–Crippen MR) is 52.8 cm³/mol. The smallest absolute Gasteiger partial charge is 0.205 e. The van der Waals surface area contributed by atoms with Crippen LogP contribution in [-0.2, 0) is 0 Å². The highest BCUT2D eigenvalue weighted by molar-refractivity contribution is 7.11. The number of hydrogen-bond acceptors (Lipinski definition) is 4. The maximum Gasteiger partial charge on any atom is 0.205 e. The molecule has 0 aromatic carbocycles. The third kappa shape index (κ3) is 2.98. The first-order valence-electron chi connectivity index (χ1n) is 3.78. The van der Waals surface area contributed by atoms with E-state index < -0.39 is 0 Å². The van der Waals surface area contributed by atoms with Crippen LogP contribution in [0.15, 0.2) is 11.6 Å². The highest BCUT2D eigenvalue weighted by atomic mass is 32.1. The number of Topliss-reactive ketones (excluding diaryl/α,β-unsaturated/α-hetero) is 1. The van der Waals surface area contributed by atoms with Gasteiger partial charge in [0.05, 0.1) is 13.1 Å². The molecule has 0 N–H and O–H groups in total. The minimum atomic E-state index is 0.0211. The van der Waals surface area contributed by atoms with E-state index in [1.54, 1.807) is 16.5 Å². The van der Waals surface area contributed by atoms with Crippen LogP contribution >= 0.6 is 11.3 Å². The fraction of sp³-hybridized carbons (Fsp3) is 0.333. The highest BCUT2D eigenvalue weighted by Gasteiger charge is 2.10. The lowest BCUT2D eigenvalue weighted by Crippen LogP contribution is -2.26. The SMILES string of the molecule is C#CCN(C)CC(=O)c1nccs1. The maximum atomic E-state index is 11.4. The van der Waals surface area contributed by atoms with Crippen LogP contribution in [0.3, 0.4) is 0 Å². The maximum absolute atomic E-state index is 11.4. The molecule has 13 heavy (non-hydrogen) atoms. The molecule has 0 fully saturated rings. The summed E-state index contributed by atoms with van der Waals surface area (Å²) in [4.78, 5) is 17.1. The first-order chi connectivity index (χ1) is 6.24. The van der Waals surface area contributed by atoms with E-state index in [1.807, 2.05) is 7.05 Å². The Kier molecular flexibility index (Phi) is 3.62. The first kappa shape index (κ1) is 9.90. The van der Waals surface area contributed by atoms with Gasteiger partial charge < -0.3 is 0 Å². The third-order valence-electron chi connectivity index (χ3n) is 1.45. The molecule has 4 heteroatoms. The number of likely N-dealkylation sites (N-methyl/N-ethyl adjacent to an activating group) is 1. The van der Waals surface area contributed by atoms with Crippen molar-refractivity contribution in [2.45, 2.75) is 0 Å². The van der Waals surface area contributed by atoms with Crippen LogP contribution < -0.4 is 0 Å². The Hall–Kier alpha value is -1.18. The molecular weight excluding hydrogens is 184 g/mol. The predicted octanol–water partition coefficient (Wildman–Crippen LogP) is 0.891. The fourth-order valence-corrected chi connectivity index (χ4v) is 1.45. The van der Waals surface area contributed by atoms with Gasteiger partial charge in [-0.25, -0.2) is 4.98 Å². The lowest BCUT2D eigenvalue weighted by molar-refractivity contribution is 0.0952. The Morgan fingerprint density at radius 2 is 2.62 bits per heavy atom. The second-order valence-corrected chi connectivity index (χ2v) is 3.53. The largest absolute Gasteiger partial charge is 0.290 e. The van der Waals surface area contributed by atoms with E-state index in [0.29, 0.717) is 18.1 Å². The zero-order valence-corrected chi connectivity index (χ0v) is 8.17. The Labute approximate surface area is 81.4 Å². The molecule has 1 heterocycles. The zero-order valence-electron chi connectivity index (χ0n) is 7.36. The van der Waals surface area contributed by atoms with E-state index in [2.05, 4.69) is 10.9 Å². The summed E-state index contributed by atoms with van der Waals surface area (Å²) in [6.07, 6.45) is 6.73. The number of thiazole rings is 1. The van der Waals surface area contributed by atoms with Crippen LogP contribution in [0, 0.1) is 12.3 Å². The van der Waals surface area contributed by atoms with E-state index in [9.17, 15) is 4.79 Å². The standard InChI is InChI=1S/C9H10N2OS/c1-3-5-11(2)7-8(12)9-10-4-6-13-9/h1,4,6H,5,7H2,2H3. The molecule has 0 spiro atoms. The van der Waals surface area contributed by atoms with Crippen molar-refractivity contribution < 1.29 is 4.79 Å². The Bertz CT molecular complexity index is 313. The van der Waals surface area contributed by atoms with Crippen molar-refractivity contribution in [3.63, 3.8) is 0 Å². The molecule has 3 nitrogen and oxygen atoms in total. The highest BCUT2D eigenvalue weighted by Crippen LogP contribution is 2.05. The number of ketones is 1. The molecule has 0 atom stereocenters. The van der Waals surface area contributed by atoms with Gasteiger partial charge in [0.15, 0.2) is 5.01 Å². The average molecular weight is 194 g/mol. The molecule has 0 radical (unpaired) electrons. The van der Waals surface area contributed by atoms with Crippen molar-refractivity contribution in [3.05, 3.63) is 16.6 Å². The van der Waals surface area contributed by atoms with E-state index in [4.69, 9.17) is 6.42 Å². The van der Waals surface area contributed by atoms with Crippen molar-refractivity contribution in [2.75, 3.05) is 20.1 Å². The van der Waals surface area contributed by atoms with Gasteiger partial charge in [-0.1, -0.05) is 5.92 Å². The molecule has 1 rings (SSSR count). The van der Waals surface area contributed by atoms with Crippen LogP contribution in [0.1, 0.15) is 9.80 Å². The minimum absolute atomic E-state index is 0.0211.